The summed E-state index contributed by atoms with van der Waals surface area (Å²) in [5, 5.41) is 3.00. The highest BCUT2D eigenvalue weighted by atomic mass is 19.1. The summed E-state index contributed by atoms with van der Waals surface area (Å²) in [6.45, 7) is 0. The van der Waals surface area contributed by atoms with Crippen molar-refractivity contribution in [3.8, 4) is 5.75 Å². The number of aromatic nitrogens is 1. The van der Waals surface area contributed by atoms with E-state index in [-0.39, 0.29) is 18.4 Å². The third-order valence-corrected chi connectivity index (χ3v) is 3.98. The number of fused-ring (bicyclic) bond motifs is 1. The number of para-hydroxylation sites is 1. The molecule has 0 unspecified atom stereocenters. The highest BCUT2D eigenvalue weighted by molar-refractivity contribution is 5.91. The molecule has 0 atom stereocenters. The van der Waals surface area contributed by atoms with E-state index in [1.807, 2.05) is 0 Å². The molecule has 0 saturated carbocycles. The fourth-order valence-corrected chi connectivity index (χ4v) is 2.61. The van der Waals surface area contributed by atoms with Crippen LogP contribution < -0.4 is 15.6 Å². The third-order valence-electron chi connectivity index (χ3n) is 3.98. The zero-order chi connectivity index (χ0) is 18.7. The minimum atomic E-state index is -0.851. The number of aryl methyl sites for hydroxylation is 1. The van der Waals surface area contributed by atoms with Gasteiger partial charge in [0.25, 0.3) is 5.56 Å². The van der Waals surface area contributed by atoms with Gasteiger partial charge in [-0.25, -0.2) is 8.78 Å². The van der Waals surface area contributed by atoms with E-state index in [0.717, 1.165) is 17.5 Å². The molecule has 3 aromatic rings. The second-order valence-corrected chi connectivity index (χ2v) is 5.72. The van der Waals surface area contributed by atoms with Crippen LogP contribution in [0.1, 0.15) is 12.0 Å². The number of carbonyl (C=O) groups is 1. The van der Waals surface area contributed by atoms with Gasteiger partial charge in [-0.2, -0.15) is 0 Å². The lowest BCUT2D eigenvalue weighted by Crippen LogP contribution is -2.18. The fraction of sp³-hybridized carbons (Fsp3) is 0.158. The fourth-order valence-electron chi connectivity index (χ4n) is 2.61. The highest BCUT2D eigenvalue weighted by Gasteiger charge is 2.13. The largest absolute Gasteiger partial charge is 0.497 e. The lowest BCUT2D eigenvalue weighted by Gasteiger charge is -2.08. The van der Waals surface area contributed by atoms with E-state index in [1.54, 1.807) is 24.3 Å². The van der Waals surface area contributed by atoms with Gasteiger partial charge in [-0.3, -0.25) is 9.59 Å². The van der Waals surface area contributed by atoms with Gasteiger partial charge in [0.15, 0.2) is 0 Å². The minimum Gasteiger partial charge on any atom is -0.497 e. The molecule has 2 N–H and O–H groups in total. The number of pyridine rings is 1. The predicted octanol–water partition coefficient (Wildman–Crippen LogP) is 3.39. The first-order valence-corrected chi connectivity index (χ1v) is 7.92. The summed E-state index contributed by atoms with van der Waals surface area (Å²) < 4.78 is 32.2. The second kappa shape index (κ2) is 7.35. The molecule has 134 valence electrons. The Labute approximate surface area is 147 Å². The van der Waals surface area contributed by atoms with E-state index in [1.165, 1.54) is 13.2 Å². The maximum atomic E-state index is 13.6. The molecule has 0 aliphatic heterocycles. The number of carbonyl (C=O) groups excluding carboxylic acids is 1. The van der Waals surface area contributed by atoms with Gasteiger partial charge in [-0.1, -0.05) is 6.07 Å². The van der Waals surface area contributed by atoms with E-state index in [2.05, 4.69) is 10.3 Å². The molecular weight excluding hydrogens is 342 g/mol. The van der Waals surface area contributed by atoms with Crippen molar-refractivity contribution >= 4 is 22.5 Å². The quantitative estimate of drug-likeness (QED) is 0.734. The molecule has 0 fully saturated rings. The number of rotatable bonds is 5. The highest BCUT2D eigenvalue weighted by Crippen LogP contribution is 2.20. The number of benzene rings is 2. The number of methoxy groups -OCH3 is 1. The van der Waals surface area contributed by atoms with Crippen LogP contribution in [-0.4, -0.2) is 18.0 Å². The first-order valence-electron chi connectivity index (χ1n) is 7.92. The zero-order valence-corrected chi connectivity index (χ0v) is 13.9. The van der Waals surface area contributed by atoms with Crippen molar-refractivity contribution in [2.75, 3.05) is 12.4 Å². The van der Waals surface area contributed by atoms with E-state index < -0.39 is 23.2 Å². The molecule has 26 heavy (non-hydrogen) atoms. The van der Waals surface area contributed by atoms with Crippen LogP contribution in [0, 0.1) is 11.6 Å². The second-order valence-electron chi connectivity index (χ2n) is 5.72. The minimum absolute atomic E-state index is 0.0848. The Morgan fingerprint density at radius 1 is 1.15 bits per heavy atom. The van der Waals surface area contributed by atoms with Crippen molar-refractivity contribution in [3.63, 3.8) is 0 Å². The summed E-state index contributed by atoms with van der Waals surface area (Å²) in [6.07, 6.45) is 0.0533. The third kappa shape index (κ3) is 3.72. The molecule has 2 aromatic carbocycles. The number of hydrogen-bond acceptors (Lipinski definition) is 3. The molecule has 3 rings (SSSR count). The Hall–Kier alpha value is -3.22. The molecule has 0 bridgehead atoms. The number of anilines is 1. The summed E-state index contributed by atoms with van der Waals surface area (Å²) in [4.78, 5) is 26.9. The number of halogens is 2. The van der Waals surface area contributed by atoms with Gasteiger partial charge in [0.2, 0.25) is 5.91 Å². The molecule has 0 aliphatic carbocycles. The van der Waals surface area contributed by atoms with Crippen LogP contribution in [0.3, 0.4) is 0 Å². The van der Waals surface area contributed by atoms with Crippen molar-refractivity contribution < 1.29 is 18.3 Å². The van der Waals surface area contributed by atoms with Crippen LogP contribution in [0.5, 0.6) is 5.75 Å². The molecule has 1 aromatic heterocycles. The number of H-pyrrole nitrogens is 1. The summed E-state index contributed by atoms with van der Waals surface area (Å²) in [6, 6.07) is 10.3. The van der Waals surface area contributed by atoms with Gasteiger partial charge < -0.3 is 15.0 Å². The smallest absolute Gasteiger partial charge is 0.251 e. The van der Waals surface area contributed by atoms with Crippen molar-refractivity contribution in [1.29, 1.82) is 0 Å². The van der Waals surface area contributed by atoms with E-state index in [0.29, 0.717) is 16.8 Å². The number of nitrogens with one attached hydrogen (secondary N) is 2. The van der Waals surface area contributed by atoms with E-state index in [9.17, 15) is 18.4 Å². The van der Waals surface area contributed by atoms with Gasteiger partial charge in [-0.15, -0.1) is 0 Å². The Bertz CT molecular complexity index is 1010. The Kier molecular flexibility index (Phi) is 4.97. The zero-order valence-electron chi connectivity index (χ0n) is 13.9. The molecule has 5 nitrogen and oxygen atoms in total. The summed E-state index contributed by atoms with van der Waals surface area (Å²) in [7, 11) is 1.53. The average molecular weight is 358 g/mol. The molecule has 0 aliphatic rings. The van der Waals surface area contributed by atoms with Crippen LogP contribution >= 0.6 is 0 Å². The van der Waals surface area contributed by atoms with Gasteiger partial charge in [0, 0.05) is 18.1 Å². The standard InChI is InChI=1S/C19H16F2N2O3/c1-26-13-7-5-11-9-12(19(25)22-16(11)10-13)6-8-17(24)23-18-14(20)3-2-4-15(18)21/h2-5,7,9-10H,6,8H2,1H3,(H,22,25)(H,23,24). The maximum absolute atomic E-state index is 13.6. The molecule has 0 saturated heterocycles. The van der Waals surface area contributed by atoms with Crippen LogP contribution in [-0.2, 0) is 11.2 Å². The summed E-state index contributed by atoms with van der Waals surface area (Å²) in [5.41, 5.74) is 0.218. The Balaban J connectivity index is 1.74. The molecule has 1 amide bonds. The SMILES string of the molecule is COc1ccc2cc(CCC(=O)Nc3c(F)cccc3F)c(=O)[nH]c2c1. The van der Waals surface area contributed by atoms with Crippen LogP contribution in [0.25, 0.3) is 10.9 Å². The van der Waals surface area contributed by atoms with Crippen molar-refractivity contribution in [2.45, 2.75) is 12.8 Å². The van der Waals surface area contributed by atoms with Gasteiger partial charge >= 0.3 is 0 Å². The van der Waals surface area contributed by atoms with Crippen molar-refractivity contribution in [3.05, 3.63) is 70.0 Å². The summed E-state index contributed by atoms with van der Waals surface area (Å²) >= 11 is 0. The number of amides is 1. The predicted molar refractivity (Wildman–Crippen MR) is 94.4 cm³/mol. The van der Waals surface area contributed by atoms with E-state index >= 15 is 0 Å². The monoisotopic (exact) mass is 358 g/mol. The van der Waals surface area contributed by atoms with Crippen LogP contribution in [0.2, 0.25) is 0 Å². The molecule has 0 radical (unpaired) electrons. The first kappa shape index (κ1) is 17.6. The van der Waals surface area contributed by atoms with Crippen LogP contribution in [0.4, 0.5) is 14.5 Å². The number of hydrogen-bond donors (Lipinski definition) is 2. The van der Waals surface area contributed by atoms with Gasteiger partial charge in [0.1, 0.15) is 23.1 Å². The summed E-state index contributed by atoms with van der Waals surface area (Å²) in [5.74, 6) is -1.66. The Morgan fingerprint density at radius 3 is 2.58 bits per heavy atom. The molecule has 7 heteroatoms. The molecule has 0 spiro atoms. The molecular formula is C19H16F2N2O3. The van der Waals surface area contributed by atoms with Gasteiger partial charge in [-0.05, 0) is 42.1 Å². The normalized spacial score (nSPS) is 10.7. The lowest BCUT2D eigenvalue weighted by atomic mass is 10.1. The molecule has 1 heterocycles. The number of ether oxygens (including phenoxy) is 1. The van der Waals surface area contributed by atoms with Crippen molar-refractivity contribution in [2.24, 2.45) is 0 Å². The lowest BCUT2D eigenvalue weighted by molar-refractivity contribution is -0.116. The van der Waals surface area contributed by atoms with Crippen LogP contribution in [0.15, 0.2) is 47.3 Å². The Morgan fingerprint density at radius 2 is 1.88 bits per heavy atom. The van der Waals surface area contributed by atoms with Gasteiger partial charge in [0.05, 0.1) is 12.6 Å². The maximum Gasteiger partial charge on any atom is 0.251 e. The van der Waals surface area contributed by atoms with E-state index in [4.69, 9.17) is 4.74 Å². The first-order chi connectivity index (χ1) is 12.5. The number of aromatic amines is 1. The average Bonchev–Trinajstić information content (AvgIpc) is 2.62. The topological polar surface area (TPSA) is 71.2 Å². The van der Waals surface area contributed by atoms with Crippen molar-refractivity contribution in [1.82, 2.24) is 4.98 Å².